The lowest BCUT2D eigenvalue weighted by Crippen LogP contribution is -2.01. The van der Waals surface area contributed by atoms with Crippen LogP contribution in [-0.4, -0.2) is 24.5 Å². The summed E-state index contributed by atoms with van der Waals surface area (Å²) >= 11 is 1.75. The zero-order valence-electron chi connectivity index (χ0n) is 31.0. The molecule has 12 aromatic rings. The normalized spacial score (nSPS) is 11.8. The van der Waals surface area contributed by atoms with Crippen LogP contribution in [0, 0.1) is 0 Å². The Morgan fingerprint density at radius 2 is 0.897 bits per heavy atom. The summed E-state index contributed by atoms with van der Waals surface area (Å²) in [5.74, 6) is 1.85. The maximum absolute atomic E-state index is 5.41. The van der Waals surface area contributed by atoms with Gasteiger partial charge in [-0.15, -0.1) is 11.3 Å². The third-order valence-corrected chi connectivity index (χ3v) is 12.3. The molecule has 0 aliphatic rings. The smallest absolute Gasteiger partial charge is 0.164 e. The summed E-state index contributed by atoms with van der Waals surface area (Å²) in [5.41, 5.74) is 8.18. The van der Waals surface area contributed by atoms with E-state index in [-0.39, 0.29) is 0 Å². The second-order valence-electron chi connectivity index (χ2n) is 14.6. The van der Waals surface area contributed by atoms with Crippen LogP contribution in [0.3, 0.4) is 0 Å². The second kappa shape index (κ2) is 13.0. The maximum atomic E-state index is 5.41. The number of para-hydroxylation sites is 2. The van der Waals surface area contributed by atoms with E-state index in [1.165, 1.54) is 31.6 Å². The zero-order valence-corrected chi connectivity index (χ0v) is 31.9. The summed E-state index contributed by atoms with van der Waals surface area (Å²) < 4.78 is 3.57. The van der Waals surface area contributed by atoms with Crippen molar-refractivity contribution in [2.45, 2.75) is 0 Å². The summed E-state index contributed by atoms with van der Waals surface area (Å²) in [6, 6.07) is 66.0. The number of thiophene rings is 1. The Balaban J connectivity index is 1.06. The summed E-state index contributed by atoms with van der Waals surface area (Å²) in [7, 11) is 0. The van der Waals surface area contributed by atoms with Crippen LogP contribution in [0.25, 0.3) is 115 Å². The molecule has 0 radical (unpaired) electrons. The molecule has 0 unspecified atom stereocenters. The van der Waals surface area contributed by atoms with Crippen molar-refractivity contribution in [3.05, 3.63) is 188 Å². The predicted molar refractivity (Wildman–Crippen MR) is 242 cm³/mol. The highest BCUT2D eigenvalue weighted by Crippen LogP contribution is 2.43. The molecule has 0 fully saturated rings. The number of nitrogens with zero attached hydrogens (tertiary/aromatic N) is 5. The van der Waals surface area contributed by atoms with Crippen molar-refractivity contribution in [1.29, 1.82) is 0 Å². The molecule has 0 spiro atoms. The van der Waals surface area contributed by atoms with Crippen LogP contribution in [0.15, 0.2) is 188 Å². The Labute approximate surface area is 337 Å². The van der Waals surface area contributed by atoms with Gasteiger partial charge in [-0.05, 0) is 52.6 Å². The van der Waals surface area contributed by atoms with Gasteiger partial charge < -0.3 is 4.57 Å². The molecule has 0 saturated carbocycles. The standard InChI is InChI=1S/C52H31N5S/c1-2-15-32(16-3-1)49-54-50(33-17-14-18-34(31-33)57-44-26-11-8-21-37(44)38-22-9-12-27-45(38)57)56-51(55-49)42-30-29-41(35-19-4-5-20-36(35)42)48-40-24-7-6-23-39(40)47-43-25-10-13-28-46(43)58-52(47)53-48/h1-31H. The fourth-order valence-electron chi connectivity index (χ4n) is 8.67. The molecule has 0 saturated heterocycles. The monoisotopic (exact) mass is 757 g/mol. The van der Waals surface area contributed by atoms with Gasteiger partial charge in [0.25, 0.3) is 0 Å². The topological polar surface area (TPSA) is 56.5 Å². The van der Waals surface area contributed by atoms with Crippen molar-refractivity contribution in [1.82, 2.24) is 24.5 Å². The molecule has 5 nitrogen and oxygen atoms in total. The van der Waals surface area contributed by atoms with Crippen LogP contribution in [0.4, 0.5) is 0 Å². The van der Waals surface area contributed by atoms with Gasteiger partial charge >= 0.3 is 0 Å². The molecule has 0 bridgehead atoms. The van der Waals surface area contributed by atoms with E-state index in [9.17, 15) is 0 Å². The Morgan fingerprint density at radius 3 is 1.64 bits per heavy atom. The van der Waals surface area contributed by atoms with Gasteiger partial charge in [-0.2, -0.15) is 0 Å². The van der Waals surface area contributed by atoms with Crippen molar-refractivity contribution in [3.8, 4) is 51.1 Å². The fraction of sp³-hybridized carbons (Fsp3) is 0. The van der Waals surface area contributed by atoms with Crippen molar-refractivity contribution >= 4 is 75.0 Å². The highest BCUT2D eigenvalue weighted by molar-refractivity contribution is 7.25. The molecule has 6 heteroatoms. The molecule has 4 heterocycles. The highest BCUT2D eigenvalue weighted by Gasteiger charge is 2.20. The molecule has 58 heavy (non-hydrogen) atoms. The third-order valence-electron chi connectivity index (χ3n) is 11.3. The van der Waals surface area contributed by atoms with Gasteiger partial charge in [-0.3, -0.25) is 0 Å². The first-order chi connectivity index (χ1) is 28.8. The molecule has 0 atom stereocenters. The van der Waals surface area contributed by atoms with Gasteiger partial charge in [0.2, 0.25) is 0 Å². The number of hydrogen-bond acceptors (Lipinski definition) is 5. The van der Waals surface area contributed by atoms with Gasteiger partial charge in [0.05, 0.1) is 16.7 Å². The average molecular weight is 758 g/mol. The minimum atomic E-state index is 0.613. The van der Waals surface area contributed by atoms with E-state index in [4.69, 9.17) is 19.9 Å². The second-order valence-corrected chi connectivity index (χ2v) is 15.6. The van der Waals surface area contributed by atoms with Crippen LogP contribution < -0.4 is 0 Å². The van der Waals surface area contributed by atoms with E-state index in [2.05, 4.69) is 174 Å². The average Bonchev–Trinajstić information content (AvgIpc) is 3.85. The van der Waals surface area contributed by atoms with Gasteiger partial charge in [0.15, 0.2) is 17.5 Å². The lowest BCUT2D eigenvalue weighted by atomic mass is 9.94. The predicted octanol–water partition coefficient (Wildman–Crippen LogP) is 13.7. The molecular weight excluding hydrogens is 727 g/mol. The number of hydrogen-bond donors (Lipinski definition) is 0. The van der Waals surface area contributed by atoms with E-state index in [1.807, 2.05) is 18.2 Å². The molecular formula is C52H31N5S. The van der Waals surface area contributed by atoms with Crippen LogP contribution in [0.2, 0.25) is 0 Å². The van der Waals surface area contributed by atoms with Crippen LogP contribution in [-0.2, 0) is 0 Å². The Morgan fingerprint density at radius 1 is 0.362 bits per heavy atom. The largest absolute Gasteiger partial charge is 0.309 e. The number of aromatic nitrogens is 5. The van der Waals surface area contributed by atoms with Crippen LogP contribution in [0.1, 0.15) is 0 Å². The molecule has 270 valence electrons. The van der Waals surface area contributed by atoms with E-state index in [1.54, 1.807) is 11.3 Å². The first-order valence-corrected chi connectivity index (χ1v) is 20.2. The van der Waals surface area contributed by atoms with Gasteiger partial charge in [-0.1, -0.05) is 152 Å². The van der Waals surface area contributed by atoms with Gasteiger partial charge in [-0.25, -0.2) is 19.9 Å². The molecule has 8 aromatic carbocycles. The SMILES string of the molecule is c1ccc(-c2nc(-c3cccc(-n4c5ccccc5c5ccccc54)c3)nc(-c3ccc(-c4nc5sc6ccccc6c5c5ccccc45)c4ccccc34)n2)cc1. The summed E-state index contributed by atoms with van der Waals surface area (Å²) in [5, 5.41) is 9.40. The maximum Gasteiger partial charge on any atom is 0.164 e. The molecule has 12 rings (SSSR count). The van der Waals surface area contributed by atoms with E-state index in [0.717, 1.165) is 65.7 Å². The quantitative estimate of drug-likeness (QED) is 0.175. The number of rotatable bonds is 5. The molecule has 0 amide bonds. The number of benzene rings is 8. The molecule has 4 aromatic heterocycles. The molecule has 0 aliphatic heterocycles. The van der Waals surface area contributed by atoms with Gasteiger partial charge in [0, 0.05) is 59.6 Å². The minimum Gasteiger partial charge on any atom is -0.309 e. The number of pyridine rings is 1. The molecule has 0 aliphatic carbocycles. The van der Waals surface area contributed by atoms with E-state index in [0.29, 0.717) is 17.5 Å². The third kappa shape index (κ3) is 5.09. The number of fused-ring (bicyclic) bond motifs is 9. The van der Waals surface area contributed by atoms with Crippen molar-refractivity contribution in [2.24, 2.45) is 0 Å². The molecule has 0 N–H and O–H groups in total. The summed E-state index contributed by atoms with van der Waals surface area (Å²) in [4.78, 5) is 22.0. The van der Waals surface area contributed by atoms with Gasteiger partial charge in [0.1, 0.15) is 4.83 Å². The zero-order chi connectivity index (χ0) is 38.2. The lowest BCUT2D eigenvalue weighted by molar-refractivity contribution is 1.07. The summed E-state index contributed by atoms with van der Waals surface area (Å²) in [6.07, 6.45) is 0. The Hall–Kier alpha value is -7.54. The van der Waals surface area contributed by atoms with E-state index >= 15 is 0 Å². The highest BCUT2D eigenvalue weighted by atomic mass is 32.1. The lowest BCUT2D eigenvalue weighted by Gasteiger charge is -2.14. The summed E-state index contributed by atoms with van der Waals surface area (Å²) in [6.45, 7) is 0. The van der Waals surface area contributed by atoms with Crippen molar-refractivity contribution < 1.29 is 0 Å². The minimum absolute atomic E-state index is 0.613. The van der Waals surface area contributed by atoms with E-state index < -0.39 is 0 Å². The Kier molecular flexibility index (Phi) is 7.33. The fourth-order valence-corrected chi connectivity index (χ4v) is 9.77. The Bertz CT molecular complexity index is 3530. The first kappa shape index (κ1) is 32.7. The van der Waals surface area contributed by atoms with Crippen LogP contribution in [0.5, 0.6) is 0 Å². The van der Waals surface area contributed by atoms with Crippen molar-refractivity contribution in [3.63, 3.8) is 0 Å². The van der Waals surface area contributed by atoms with Crippen LogP contribution >= 0.6 is 11.3 Å². The first-order valence-electron chi connectivity index (χ1n) is 19.4. The van der Waals surface area contributed by atoms with Crippen molar-refractivity contribution in [2.75, 3.05) is 0 Å².